The van der Waals surface area contributed by atoms with E-state index in [0.29, 0.717) is 42.8 Å². The summed E-state index contributed by atoms with van der Waals surface area (Å²) >= 11 is 0.969. The number of carboxylic acid groups (broad SMARTS) is 1. The number of carboxylic acids is 1. The molecule has 0 aliphatic carbocycles. The number of aliphatic carboxylic acids is 1. The number of fused-ring (bicyclic) bond motifs is 1. The Balaban J connectivity index is 1.34. The largest absolute Gasteiger partial charge is 0.485 e. The van der Waals surface area contributed by atoms with Crippen LogP contribution >= 0.6 is 11.3 Å². The molecule has 3 unspecified atom stereocenters. The fourth-order valence-corrected chi connectivity index (χ4v) is 6.33. The number of guanidine groups is 1. The van der Waals surface area contributed by atoms with E-state index >= 15 is 0 Å². The molecule has 5 rings (SSSR count). The average Bonchev–Trinajstić information content (AvgIpc) is 3.69. The van der Waals surface area contributed by atoms with Crippen LogP contribution in [-0.2, 0) is 40.3 Å². The highest BCUT2D eigenvalue weighted by atomic mass is 32.3. The number of anilines is 1. The summed E-state index contributed by atoms with van der Waals surface area (Å²) in [6.45, 7) is 5.65. The molecule has 9 N–H and O–H groups in total. The number of nitrogens with zero attached hydrogens (tertiary/aromatic N) is 4. The van der Waals surface area contributed by atoms with Crippen LogP contribution in [-0.4, -0.2) is 100 Å². The number of β-lactam (4-membered cyclic amide) rings is 1. The zero-order chi connectivity index (χ0) is 35.0. The Bertz CT molecular complexity index is 1780. The molecular weight excluding hydrogens is 674 g/mol. The normalized spacial score (nSPS) is 23.1. The Labute approximate surface area is 278 Å². The molecule has 19 nitrogen and oxygen atoms in total. The maximum atomic E-state index is 13.4. The number of aliphatic imine (C=N–C) groups is 1. The van der Waals surface area contributed by atoms with Crippen LogP contribution in [0.25, 0.3) is 0 Å². The van der Waals surface area contributed by atoms with Gasteiger partial charge in [0.15, 0.2) is 22.9 Å². The number of aryl methyl sites for hydroxylation is 1. The van der Waals surface area contributed by atoms with E-state index in [-0.39, 0.29) is 23.3 Å². The Hall–Kier alpha value is -4.57. The minimum absolute atomic E-state index is 0.0630. The molecule has 260 valence electrons. The Kier molecular flexibility index (Phi) is 9.52. The van der Waals surface area contributed by atoms with Crippen LogP contribution < -0.4 is 32.2 Å². The minimum atomic E-state index is -5.03. The molecule has 3 aliphatic rings. The average molecular weight is 710 g/mol. The smallest absolute Gasteiger partial charge is 0.418 e. The van der Waals surface area contributed by atoms with Crippen molar-refractivity contribution in [2.24, 2.45) is 15.9 Å². The molecule has 1 aromatic carbocycles. The molecule has 1 saturated heterocycles. The third-order valence-corrected chi connectivity index (χ3v) is 9.08. The maximum Gasteiger partial charge on any atom is 0.418 e. The van der Waals surface area contributed by atoms with E-state index in [9.17, 15) is 27.9 Å². The van der Waals surface area contributed by atoms with E-state index in [2.05, 4.69) is 35.4 Å². The summed E-state index contributed by atoms with van der Waals surface area (Å²) in [7, 11) is -5.03. The third-order valence-electron chi connectivity index (χ3n) is 8.07. The van der Waals surface area contributed by atoms with Crippen molar-refractivity contribution < 1.29 is 46.3 Å². The molecule has 3 aliphatic heterocycles. The first-order valence-corrected chi connectivity index (χ1v) is 16.9. The number of hydrogen-bond donors (Lipinski definition) is 7. The number of carbonyl (C=O) groups is 3. The highest BCUT2D eigenvalue weighted by Crippen LogP contribution is 2.36. The van der Waals surface area contributed by atoms with Crippen molar-refractivity contribution >= 4 is 56.3 Å². The van der Waals surface area contributed by atoms with Gasteiger partial charge in [0.2, 0.25) is 0 Å². The van der Waals surface area contributed by atoms with Gasteiger partial charge in [0.05, 0.1) is 11.6 Å². The molecule has 4 atom stereocenters. The number of nitrogens with one attached hydrogen (secondary N) is 3. The van der Waals surface area contributed by atoms with Gasteiger partial charge >= 0.3 is 16.4 Å². The highest BCUT2D eigenvalue weighted by molar-refractivity contribution is 7.80. The summed E-state index contributed by atoms with van der Waals surface area (Å²) in [6.07, 6.45) is -0.370. The number of nitrogens with two attached hydrogens (primary N) is 2. The van der Waals surface area contributed by atoms with E-state index < -0.39 is 57.2 Å². The zero-order valence-electron chi connectivity index (χ0n) is 26.0. The second kappa shape index (κ2) is 13.1. The van der Waals surface area contributed by atoms with Crippen LogP contribution in [0, 0.1) is 0 Å². The van der Waals surface area contributed by atoms with Crippen molar-refractivity contribution in [2.45, 2.75) is 62.9 Å². The fourth-order valence-electron chi connectivity index (χ4n) is 5.33. The van der Waals surface area contributed by atoms with E-state index in [1.165, 1.54) is 26.2 Å². The van der Waals surface area contributed by atoms with Crippen molar-refractivity contribution in [3.63, 3.8) is 0 Å². The second-order valence-corrected chi connectivity index (χ2v) is 13.7. The van der Waals surface area contributed by atoms with Crippen LogP contribution in [0.3, 0.4) is 0 Å². The number of hydroxylamine groups is 2. The minimum Gasteiger partial charge on any atom is -0.485 e. The topological polar surface area (TPSA) is 282 Å². The van der Waals surface area contributed by atoms with Crippen LogP contribution in [0.1, 0.15) is 50.1 Å². The van der Waals surface area contributed by atoms with Gasteiger partial charge in [-0.2, -0.15) is 13.5 Å². The monoisotopic (exact) mass is 709 g/mol. The predicted molar refractivity (Wildman–Crippen MR) is 170 cm³/mol. The Morgan fingerprint density at radius 1 is 1.35 bits per heavy atom. The third kappa shape index (κ3) is 6.99. The first-order chi connectivity index (χ1) is 22.5. The second-order valence-electron chi connectivity index (χ2n) is 11.8. The van der Waals surface area contributed by atoms with Gasteiger partial charge in [-0.25, -0.2) is 14.8 Å². The number of amides is 2. The van der Waals surface area contributed by atoms with Crippen molar-refractivity contribution in [3.05, 3.63) is 40.4 Å². The van der Waals surface area contributed by atoms with Gasteiger partial charge in [0.1, 0.15) is 17.5 Å². The number of hydrogen-bond acceptors (Lipinski definition) is 16. The van der Waals surface area contributed by atoms with Gasteiger partial charge in [-0.05, 0) is 56.9 Å². The van der Waals surface area contributed by atoms with Crippen LogP contribution in [0.15, 0.2) is 33.7 Å². The van der Waals surface area contributed by atoms with Crippen molar-refractivity contribution in [1.29, 1.82) is 0 Å². The summed E-state index contributed by atoms with van der Waals surface area (Å²) in [5.41, 5.74) is 8.99. The number of benzene rings is 1. The van der Waals surface area contributed by atoms with Crippen LogP contribution in [0.4, 0.5) is 5.13 Å². The number of ether oxygens (including phenoxy) is 1. The van der Waals surface area contributed by atoms with Gasteiger partial charge in [-0.15, -0.1) is 15.6 Å². The van der Waals surface area contributed by atoms with Gasteiger partial charge in [-0.1, -0.05) is 11.2 Å². The number of oxime groups is 1. The molecule has 1 aromatic heterocycles. The molecule has 0 radical (unpaired) electrons. The molecule has 2 aromatic rings. The van der Waals surface area contributed by atoms with Crippen molar-refractivity contribution in [2.75, 3.05) is 25.4 Å². The maximum absolute atomic E-state index is 13.4. The summed E-state index contributed by atoms with van der Waals surface area (Å²) < 4.78 is 41.7. The summed E-state index contributed by atoms with van der Waals surface area (Å²) in [5.74, 6) is -2.31. The number of rotatable bonds is 12. The standard InChI is InChI=1S/C27H35N9O10S2/c1-26(2)20(22(38)36(26)46-48(41,42)43)34-21(37)19(16-12-47-24(29)32-16)35-45-27(3,23(39)40)18-7-5-14-10-13(4-6-17(14)44-18)15-11-31-25(33-15)30-9-8-28/h4,6,10,12,15,18,20H,5,7-9,11,28H2,1-3H3,(H2,29,32)(H,34,37)(H,39,40)(H2,30,31,33)(H,41,42,43)/b35-19-/t15?,18-,20?,27?/m1/s1. The van der Waals surface area contributed by atoms with E-state index in [1.54, 1.807) is 6.07 Å². The lowest BCUT2D eigenvalue weighted by Crippen LogP contribution is -2.76. The summed E-state index contributed by atoms with van der Waals surface area (Å²) in [5, 5.41) is 24.7. The molecule has 0 bridgehead atoms. The van der Waals surface area contributed by atoms with E-state index in [1.807, 2.05) is 12.1 Å². The van der Waals surface area contributed by atoms with E-state index in [4.69, 9.17) is 25.6 Å². The number of thiazole rings is 1. The zero-order valence-corrected chi connectivity index (χ0v) is 27.6. The molecule has 2 amide bonds. The number of nitrogen functional groups attached to an aromatic ring is 1. The molecular formula is C27H35N9O10S2. The lowest BCUT2D eigenvalue weighted by Gasteiger charge is -2.50. The molecule has 4 heterocycles. The quantitative estimate of drug-likeness (QED) is 0.0607. The fraction of sp³-hybridized carbons (Fsp3) is 0.481. The molecule has 0 saturated carbocycles. The molecule has 48 heavy (non-hydrogen) atoms. The van der Waals surface area contributed by atoms with Crippen LogP contribution in [0.5, 0.6) is 5.75 Å². The molecule has 0 spiro atoms. The van der Waals surface area contributed by atoms with Crippen molar-refractivity contribution in [3.8, 4) is 5.75 Å². The number of aromatic nitrogens is 1. The molecule has 1 fully saturated rings. The summed E-state index contributed by atoms with van der Waals surface area (Å²) in [4.78, 5) is 52.9. The SMILES string of the molecule is CC(O/N=C(\C(=O)NC1C(=O)N(OS(=O)(=O)O)C1(C)C)c1csc(N)n1)(C(=O)O)[C@H]1CCc2cc(C3CNC(NCCN)=N3)ccc2O1. The van der Waals surface area contributed by atoms with Gasteiger partial charge in [0, 0.05) is 25.0 Å². The lowest BCUT2D eigenvalue weighted by molar-refractivity contribution is -0.218. The predicted octanol–water partition coefficient (Wildman–Crippen LogP) is -0.928. The summed E-state index contributed by atoms with van der Waals surface area (Å²) in [6, 6.07) is 4.10. The lowest BCUT2D eigenvalue weighted by atomic mass is 9.84. The number of carbonyl (C=O) groups excluding carboxylic acids is 2. The van der Waals surface area contributed by atoms with Gasteiger partial charge < -0.3 is 42.1 Å². The highest BCUT2D eigenvalue weighted by Gasteiger charge is 2.58. The van der Waals surface area contributed by atoms with Gasteiger partial charge in [-0.3, -0.25) is 14.1 Å². The first-order valence-electron chi connectivity index (χ1n) is 14.6. The van der Waals surface area contributed by atoms with Gasteiger partial charge in [0.25, 0.3) is 17.4 Å². The Morgan fingerprint density at radius 3 is 2.73 bits per heavy atom. The first kappa shape index (κ1) is 34.8. The molecule has 21 heteroatoms. The Morgan fingerprint density at radius 2 is 2.10 bits per heavy atom. The van der Waals surface area contributed by atoms with Crippen LogP contribution in [0.2, 0.25) is 0 Å². The van der Waals surface area contributed by atoms with E-state index in [0.717, 1.165) is 22.5 Å². The van der Waals surface area contributed by atoms with Crippen molar-refractivity contribution in [1.82, 2.24) is 26.0 Å².